The highest BCUT2D eigenvalue weighted by Gasteiger charge is 2.35. The van der Waals surface area contributed by atoms with Crippen LogP contribution in [0, 0.1) is 5.41 Å². The molecule has 0 aliphatic carbocycles. The standard InChI is InChI=1S/C17H18N4O4S/c1-17(9-25-10-17)8-21-13-6-7-19-16(22)14(13)15(20-21)11-2-4-12(5-3-11)26(18,23)24/h2-7H,8-10H2,1H3,(H,19,22)(H2,18,23,24). The molecule has 3 aromatic rings. The molecule has 3 heterocycles. The lowest BCUT2D eigenvalue weighted by molar-refractivity contribution is -0.111. The van der Waals surface area contributed by atoms with Crippen LogP contribution in [0.4, 0.5) is 0 Å². The van der Waals surface area contributed by atoms with Crippen LogP contribution in [-0.4, -0.2) is 36.4 Å². The van der Waals surface area contributed by atoms with Crippen molar-refractivity contribution in [2.24, 2.45) is 10.6 Å². The summed E-state index contributed by atoms with van der Waals surface area (Å²) in [4.78, 5) is 15.1. The Kier molecular flexibility index (Phi) is 3.76. The Morgan fingerprint density at radius 3 is 2.54 bits per heavy atom. The molecule has 0 atom stereocenters. The van der Waals surface area contributed by atoms with Gasteiger partial charge in [0.1, 0.15) is 5.69 Å². The zero-order valence-electron chi connectivity index (χ0n) is 14.1. The highest BCUT2D eigenvalue weighted by Crippen LogP contribution is 2.32. The van der Waals surface area contributed by atoms with Crippen LogP contribution in [0.1, 0.15) is 6.92 Å². The van der Waals surface area contributed by atoms with Crippen LogP contribution in [0.3, 0.4) is 0 Å². The van der Waals surface area contributed by atoms with Gasteiger partial charge in [0.05, 0.1) is 35.6 Å². The van der Waals surface area contributed by atoms with Gasteiger partial charge in [0.2, 0.25) is 10.0 Å². The largest absolute Gasteiger partial charge is 0.380 e. The predicted molar refractivity (Wildman–Crippen MR) is 96.1 cm³/mol. The molecule has 0 amide bonds. The monoisotopic (exact) mass is 374 g/mol. The molecule has 9 heteroatoms. The number of primary sulfonamides is 1. The van der Waals surface area contributed by atoms with Crippen LogP contribution in [-0.2, 0) is 21.3 Å². The summed E-state index contributed by atoms with van der Waals surface area (Å²) in [5.41, 5.74) is 1.62. The number of nitrogens with two attached hydrogens (primary N) is 1. The van der Waals surface area contributed by atoms with Gasteiger partial charge in [-0.15, -0.1) is 0 Å². The molecular weight excluding hydrogens is 356 g/mol. The number of rotatable bonds is 4. The van der Waals surface area contributed by atoms with E-state index in [4.69, 9.17) is 9.88 Å². The first-order valence-corrected chi connectivity index (χ1v) is 9.61. The number of nitrogens with one attached hydrogen (secondary N) is 1. The third-order valence-corrected chi connectivity index (χ3v) is 5.49. The molecule has 0 saturated carbocycles. The summed E-state index contributed by atoms with van der Waals surface area (Å²) < 4.78 is 30.0. The molecule has 1 aromatic carbocycles. The number of fused-ring (bicyclic) bond motifs is 1. The van der Waals surface area contributed by atoms with Gasteiger partial charge in [-0.25, -0.2) is 13.6 Å². The molecule has 8 nitrogen and oxygen atoms in total. The number of pyridine rings is 1. The molecule has 136 valence electrons. The van der Waals surface area contributed by atoms with E-state index >= 15 is 0 Å². The Morgan fingerprint density at radius 2 is 1.96 bits per heavy atom. The molecule has 4 rings (SSSR count). The maximum Gasteiger partial charge on any atom is 0.259 e. The summed E-state index contributed by atoms with van der Waals surface area (Å²) >= 11 is 0. The van der Waals surface area contributed by atoms with Crippen LogP contribution in [0.15, 0.2) is 46.2 Å². The third kappa shape index (κ3) is 2.83. The van der Waals surface area contributed by atoms with Crippen LogP contribution < -0.4 is 10.7 Å². The van der Waals surface area contributed by atoms with Crippen molar-refractivity contribution in [3.8, 4) is 11.3 Å². The minimum Gasteiger partial charge on any atom is -0.380 e. The smallest absolute Gasteiger partial charge is 0.259 e. The van der Waals surface area contributed by atoms with Gasteiger partial charge in [0.15, 0.2) is 0 Å². The number of nitrogens with zero attached hydrogens (tertiary/aromatic N) is 2. The number of hydrogen-bond acceptors (Lipinski definition) is 5. The first-order valence-electron chi connectivity index (χ1n) is 8.06. The fourth-order valence-electron chi connectivity index (χ4n) is 3.17. The molecule has 0 unspecified atom stereocenters. The lowest BCUT2D eigenvalue weighted by atomic mass is 9.89. The Bertz CT molecular complexity index is 1140. The predicted octanol–water partition coefficient (Wildman–Crippen LogP) is 1.08. The summed E-state index contributed by atoms with van der Waals surface area (Å²) in [6, 6.07) is 7.84. The van der Waals surface area contributed by atoms with Crippen molar-refractivity contribution in [1.29, 1.82) is 0 Å². The third-order valence-electron chi connectivity index (χ3n) is 4.56. The molecule has 1 saturated heterocycles. The zero-order chi connectivity index (χ0) is 18.5. The summed E-state index contributed by atoms with van der Waals surface area (Å²) in [6.07, 6.45) is 1.59. The average molecular weight is 374 g/mol. The fourth-order valence-corrected chi connectivity index (χ4v) is 3.68. The van der Waals surface area contributed by atoms with Crippen molar-refractivity contribution in [2.75, 3.05) is 13.2 Å². The van der Waals surface area contributed by atoms with Crippen LogP contribution in [0.25, 0.3) is 22.2 Å². The van der Waals surface area contributed by atoms with Crippen molar-refractivity contribution >= 4 is 20.9 Å². The lowest BCUT2D eigenvalue weighted by Crippen LogP contribution is -2.43. The van der Waals surface area contributed by atoms with Crippen LogP contribution in [0.2, 0.25) is 0 Å². The highest BCUT2D eigenvalue weighted by atomic mass is 32.2. The van der Waals surface area contributed by atoms with Crippen molar-refractivity contribution in [3.05, 3.63) is 46.9 Å². The number of sulfonamides is 1. The summed E-state index contributed by atoms with van der Waals surface area (Å²) in [6.45, 7) is 4.03. The number of aromatic nitrogens is 3. The van der Waals surface area contributed by atoms with E-state index in [1.165, 1.54) is 12.1 Å². The summed E-state index contributed by atoms with van der Waals surface area (Å²) in [7, 11) is -3.77. The first kappa shape index (κ1) is 17.0. The lowest BCUT2D eigenvalue weighted by Gasteiger charge is -2.37. The number of ether oxygens (including phenoxy) is 1. The molecular formula is C17H18N4O4S. The second-order valence-electron chi connectivity index (χ2n) is 6.95. The fraction of sp³-hybridized carbons (Fsp3) is 0.294. The zero-order valence-corrected chi connectivity index (χ0v) is 14.9. The maximum absolute atomic E-state index is 12.4. The van der Waals surface area contributed by atoms with Crippen molar-refractivity contribution in [3.63, 3.8) is 0 Å². The van der Waals surface area contributed by atoms with E-state index in [-0.39, 0.29) is 15.9 Å². The minimum atomic E-state index is -3.77. The second-order valence-corrected chi connectivity index (χ2v) is 8.51. The van der Waals surface area contributed by atoms with Crippen molar-refractivity contribution in [2.45, 2.75) is 18.4 Å². The molecule has 0 spiro atoms. The van der Waals surface area contributed by atoms with Crippen LogP contribution >= 0.6 is 0 Å². The van der Waals surface area contributed by atoms with Crippen molar-refractivity contribution in [1.82, 2.24) is 14.8 Å². The molecule has 0 bridgehead atoms. The van der Waals surface area contributed by atoms with Gasteiger partial charge in [0.25, 0.3) is 5.56 Å². The normalized spacial score (nSPS) is 16.5. The number of benzene rings is 1. The Morgan fingerprint density at radius 1 is 1.27 bits per heavy atom. The summed E-state index contributed by atoms with van der Waals surface area (Å²) in [5.74, 6) is 0. The van der Waals surface area contributed by atoms with E-state index in [2.05, 4.69) is 17.0 Å². The molecule has 3 N–H and O–H groups in total. The maximum atomic E-state index is 12.4. The number of H-pyrrole nitrogens is 1. The molecule has 1 aliphatic rings. The van der Waals surface area contributed by atoms with Gasteiger partial charge in [-0.3, -0.25) is 9.48 Å². The van der Waals surface area contributed by atoms with Gasteiger partial charge >= 0.3 is 0 Å². The topological polar surface area (TPSA) is 120 Å². The molecule has 1 aliphatic heterocycles. The molecule has 1 fully saturated rings. The Balaban J connectivity index is 1.86. The highest BCUT2D eigenvalue weighted by molar-refractivity contribution is 7.89. The van der Waals surface area contributed by atoms with Gasteiger partial charge in [-0.1, -0.05) is 19.1 Å². The van der Waals surface area contributed by atoms with E-state index in [0.717, 1.165) is 5.52 Å². The number of hydrogen-bond donors (Lipinski definition) is 2. The van der Waals surface area contributed by atoms with E-state index in [0.29, 0.717) is 36.4 Å². The van der Waals surface area contributed by atoms with Gasteiger partial charge in [-0.2, -0.15) is 5.10 Å². The van der Waals surface area contributed by atoms with Crippen LogP contribution in [0.5, 0.6) is 0 Å². The van der Waals surface area contributed by atoms with E-state index < -0.39 is 10.0 Å². The van der Waals surface area contributed by atoms with Crippen molar-refractivity contribution < 1.29 is 13.2 Å². The Labute approximate surface area is 149 Å². The Hall–Kier alpha value is -2.49. The molecule has 26 heavy (non-hydrogen) atoms. The average Bonchev–Trinajstić information content (AvgIpc) is 2.93. The van der Waals surface area contributed by atoms with Gasteiger partial charge in [-0.05, 0) is 18.2 Å². The first-order chi connectivity index (χ1) is 12.3. The second kappa shape index (κ2) is 5.76. The van der Waals surface area contributed by atoms with Gasteiger partial charge < -0.3 is 9.72 Å². The van der Waals surface area contributed by atoms with E-state index in [1.807, 2.05) is 10.7 Å². The van der Waals surface area contributed by atoms with E-state index in [1.54, 1.807) is 18.3 Å². The molecule has 0 radical (unpaired) electrons. The minimum absolute atomic E-state index is 0.0121. The van der Waals surface area contributed by atoms with E-state index in [9.17, 15) is 13.2 Å². The van der Waals surface area contributed by atoms with Gasteiger partial charge in [0, 0.05) is 17.2 Å². The number of aromatic amines is 1. The quantitative estimate of drug-likeness (QED) is 0.708. The molecule has 2 aromatic heterocycles. The summed E-state index contributed by atoms with van der Waals surface area (Å²) in [5, 5.41) is 10.3. The SMILES string of the molecule is CC1(Cn2nc(-c3ccc(S(N)(=O)=O)cc3)c3c(=O)[nH]ccc32)COC1.